The van der Waals surface area contributed by atoms with Gasteiger partial charge < -0.3 is 5.11 Å². The summed E-state index contributed by atoms with van der Waals surface area (Å²) in [6.07, 6.45) is 0.716. The summed E-state index contributed by atoms with van der Waals surface area (Å²) in [6, 6.07) is 4.65. The molecule has 1 atom stereocenters. The molecule has 0 aromatic heterocycles. The van der Waals surface area contributed by atoms with Gasteiger partial charge in [0, 0.05) is 10.0 Å². The Kier molecular flexibility index (Phi) is 4.51. The fraction of sp³-hybridized carbons (Fsp3) is 0.538. The van der Waals surface area contributed by atoms with Crippen LogP contribution in [0.4, 0.5) is 4.39 Å². The molecule has 0 bridgehead atoms. The quantitative estimate of drug-likeness (QED) is 0.871. The molecule has 0 spiro atoms. The average Bonchev–Trinajstić information content (AvgIpc) is 2.17. The number of benzene rings is 1. The van der Waals surface area contributed by atoms with Gasteiger partial charge in [-0.15, -0.1) is 0 Å². The lowest BCUT2D eigenvalue weighted by atomic mass is 9.88. The summed E-state index contributed by atoms with van der Waals surface area (Å²) in [4.78, 5) is 0. The van der Waals surface area contributed by atoms with E-state index in [9.17, 15) is 9.50 Å². The molecule has 1 aromatic rings. The molecule has 16 heavy (non-hydrogen) atoms. The van der Waals surface area contributed by atoms with E-state index >= 15 is 0 Å². The van der Waals surface area contributed by atoms with Crippen molar-refractivity contribution in [3.05, 3.63) is 34.1 Å². The SMILES string of the molecule is CC(C)(C)CCC(O)c1cc(Br)ccc1F. The van der Waals surface area contributed by atoms with Crippen LogP contribution in [0.3, 0.4) is 0 Å². The van der Waals surface area contributed by atoms with Gasteiger partial charge in [0.1, 0.15) is 5.82 Å². The highest BCUT2D eigenvalue weighted by Crippen LogP contribution is 2.29. The average molecular weight is 289 g/mol. The maximum absolute atomic E-state index is 13.5. The van der Waals surface area contributed by atoms with Crippen LogP contribution in [0.15, 0.2) is 22.7 Å². The van der Waals surface area contributed by atoms with E-state index in [2.05, 4.69) is 36.7 Å². The first-order chi connectivity index (χ1) is 7.29. The first kappa shape index (κ1) is 13.7. The summed E-state index contributed by atoms with van der Waals surface area (Å²) in [5, 5.41) is 9.93. The van der Waals surface area contributed by atoms with E-state index in [-0.39, 0.29) is 11.2 Å². The Morgan fingerprint density at radius 2 is 2.00 bits per heavy atom. The second-order valence-electron chi connectivity index (χ2n) is 5.28. The first-order valence-electron chi connectivity index (χ1n) is 5.42. The van der Waals surface area contributed by atoms with Crippen LogP contribution in [0.25, 0.3) is 0 Å². The normalized spacial score (nSPS) is 13.9. The Morgan fingerprint density at radius 3 is 2.56 bits per heavy atom. The minimum Gasteiger partial charge on any atom is -0.388 e. The molecule has 3 heteroatoms. The maximum atomic E-state index is 13.5. The molecule has 1 aromatic carbocycles. The van der Waals surface area contributed by atoms with Crippen molar-refractivity contribution in [2.24, 2.45) is 5.41 Å². The van der Waals surface area contributed by atoms with Crippen molar-refractivity contribution in [1.29, 1.82) is 0 Å². The molecule has 0 radical (unpaired) electrons. The van der Waals surface area contributed by atoms with Crippen molar-refractivity contribution in [3.63, 3.8) is 0 Å². The Balaban J connectivity index is 2.73. The van der Waals surface area contributed by atoms with Crippen molar-refractivity contribution in [3.8, 4) is 0 Å². The molecule has 1 nitrogen and oxygen atoms in total. The van der Waals surface area contributed by atoms with Crippen molar-refractivity contribution in [2.75, 3.05) is 0 Å². The van der Waals surface area contributed by atoms with Crippen LogP contribution < -0.4 is 0 Å². The first-order valence-corrected chi connectivity index (χ1v) is 6.22. The highest BCUT2D eigenvalue weighted by molar-refractivity contribution is 9.10. The number of hydrogen-bond donors (Lipinski definition) is 1. The molecular weight excluding hydrogens is 271 g/mol. The molecule has 90 valence electrons. The molecule has 0 aliphatic carbocycles. The minimum absolute atomic E-state index is 0.156. The molecule has 0 heterocycles. The van der Waals surface area contributed by atoms with Gasteiger partial charge in [0.25, 0.3) is 0 Å². The zero-order valence-electron chi connectivity index (χ0n) is 9.93. The van der Waals surface area contributed by atoms with Crippen LogP contribution in [-0.4, -0.2) is 5.11 Å². The summed E-state index contributed by atoms with van der Waals surface area (Å²) in [5.41, 5.74) is 0.530. The second-order valence-corrected chi connectivity index (χ2v) is 6.20. The van der Waals surface area contributed by atoms with E-state index in [0.29, 0.717) is 12.0 Å². The fourth-order valence-corrected chi connectivity index (χ4v) is 1.87. The number of aliphatic hydroxyl groups excluding tert-OH is 1. The predicted octanol–water partition coefficient (Wildman–Crippen LogP) is 4.45. The van der Waals surface area contributed by atoms with Gasteiger partial charge in [-0.25, -0.2) is 4.39 Å². The molecule has 0 fully saturated rings. The standard InChI is InChI=1S/C13H18BrFO/c1-13(2,3)7-6-12(16)10-8-9(14)4-5-11(10)15/h4-5,8,12,16H,6-7H2,1-3H3. The number of hydrogen-bond acceptors (Lipinski definition) is 1. The minimum atomic E-state index is -0.725. The molecule has 0 aliphatic rings. The van der Waals surface area contributed by atoms with Gasteiger partial charge >= 0.3 is 0 Å². The lowest BCUT2D eigenvalue weighted by Crippen LogP contribution is -2.09. The molecule has 0 amide bonds. The lowest BCUT2D eigenvalue weighted by molar-refractivity contribution is 0.143. The van der Waals surface area contributed by atoms with E-state index < -0.39 is 6.10 Å². The number of halogens is 2. The Morgan fingerprint density at radius 1 is 1.38 bits per heavy atom. The van der Waals surface area contributed by atoms with Gasteiger partial charge in [-0.1, -0.05) is 36.7 Å². The fourth-order valence-electron chi connectivity index (χ4n) is 1.50. The van der Waals surface area contributed by atoms with E-state index in [1.165, 1.54) is 6.07 Å². The lowest BCUT2D eigenvalue weighted by Gasteiger charge is -2.20. The van der Waals surface area contributed by atoms with Crippen LogP contribution in [0, 0.1) is 11.2 Å². The topological polar surface area (TPSA) is 20.2 Å². The van der Waals surface area contributed by atoms with Gasteiger partial charge in [-0.3, -0.25) is 0 Å². The monoisotopic (exact) mass is 288 g/mol. The van der Waals surface area contributed by atoms with E-state index in [4.69, 9.17) is 0 Å². The van der Waals surface area contributed by atoms with Crippen molar-refractivity contribution in [1.82, 2.24) is 0 Å². The summed E-state index contributed by atoms with van der Waals surface area (Å²) < 4.78 is 14.2. The van der Waals surface area contributed by atoms with E-state index in [0.717, 1.165) is 10.9 Å². The van der Waals surface area contributed by atoms with Crippen LogP contribution in [0.2, 0.25) is 0 Å². The molecular formula is C13H18BrFO. The van der Waals surface area contributed by atoms with Gasteiger partial charge in [0.15, 0.2) is 0 Å². The van der Waals surface area contributed by atoms with Crippen molar-refractivity contribution >= 4 is 15.9 Å². The zero-order valence-corrected chi connectivity index (χ0v) is 11.5. The maximum Gasteiger partial charge on any atom is 0.129 e. The third-order valence-electron chi connectivity index (χ3n) is 2.48. The van der Waals surface area contributed by atoms with Gasteiger partial charge in [-0.2, -0.15) is 0 Å². The molecule has 0 aliphatic heterocycles. The molecule has 1 N–H and O–H groups in total. The summed E-state index contributed by atoms with van der Waals surface area (Å²) in [6.45, 7) is 6.32. The number of aliphatic hydroxyl groups is 1. The molecule has 1 unspecified atom stereocenters. The Bertz CT molecular complexity index is 357. The van der Waals surface area contributed by atoms with Gasteiger partial charge in [-0.05, 0) is 36.5 Å². The summed E-state index contributed by atoms with van der Waals surface area (Å²) in [7, 11) is 0. The molecule has 1 rings (SSSR count). The van der Waals surface area contributed by atoms with Crippen molar-refractivity contribution < 1.29 is 9.50 Å². The van der Waals surface area contributed by atoms with Gasteiger partial charge in [0.2, 0.25) is 0 Å². The smallest absolute Gasteiger partial charge is 0.129 e. The summed E-state index contributed by atoms with van der Waals surface area (Å²) >= 11 is 3.28. The van der Waals surface area contributed by atoms with Crippen LogP contribution >= 0.6 is 15.9 Å². The molecule has 0 saturated heterocycles. The van der Waals surface area contributed by atoms with Crippen LogP contribution in [0.1, 0.15) is 45.3 Å². The largest absolute Gasteiger partial charge is 0.388 e. The molecule has 0 saturated carbocycles. The van der Waals surface area contributed by atoms with Crippen LogP contribution in [-0.2, 0) is 0 Å². The Labute approximate surface area is 105 Å². The third-order valence-corrected chi connectivity index (χ3v) is 2.98. The van der Waals surface area contributed by atoms with Gasteiger partial charge in [0.05, 0.1) is 6.10 Å². The van der Waals surface area contributed by atoms with E-state index in [1.807, 2.05) is 0 Å². The predicted molar refractivity (Wildman–Crippen MR) is 67.7 cm³/mol. The highest BCUT2D eigenvalue weighted by Gasteiger charge is 2.17. The zero-order chi connectivity index (χ0) is 12.3. The number of rotatable bonds is 3. The Hall–Kier alpha value is -0.410. The van der Waals surface area contributed by atoms with Crippen molar-refractivity contribution in [2.45, 2.75) is 39.7 Å². The van der Waals surface area contributed by atoms with E-state index in [1.54, 1.807) is 12.1 Å². The third kappa shape index (κ3) is 4.22. The summed E-state index contributed by atoms with van der Waals surface area (Å²) in [5.74, 6) is -0.343. The second kappa shape index (κ2) is 5.28. The van der Waals surface area contributed by atoms with Crippen LogP contribution in [0.5, 0.6) is 0 Å². The highest BCUT2D eigenvalue weighted by atomic mass is 79.9.